The first kappa shape index (κ1) is 11.1. The molecule has 1 nitrogen and oxygen atoms in total. The Bertz CT molecular complexity index is 316. The molecule has 0 atom stereocenters. The largest absolute Gasteiger partial charge is 0.316 e. The Labute approximate surface area is 83.1 Å². The summed E-state index contributed by atoms with van der Waals surface area (Å²) in [5, 5.41) is 2.84. The molecule has 78 valence electrons. The van der Waals surface area contributed by atoms with Crippen LogP contribution in [0.3, 0.4) is 0 Å². The lowest BCUT2D eigenvalue weighted by atomic mass is 9.98. The van der Waals surface area contributed by atoms with E-state index in [4.69, 9.17) is 0 Å². The third kappa shape index (κ3) is 2.51. The van der Waals surface area contributed by atoms with Crippen LogP contribution in [0.4, 0.5) is 8.78 Å². The molecular formula is C11H15F2N. The van der Waals surface area contributed by atoms with Gasteiger partial charge in [-0.1, -0.05) is 6.07 Å². The van der Waals surface area contributed by atoms with Crippen molar-refractivity contribution in [3.05, 3.63) is 35.1 Å². The molecule has 0 bridgehead atoms. The van der Waals surface area contributed by atoms with Crippen molar-refractivity contribution >= 4 is 0 Å². The van der Waals surface area contributed by atoms with Crippen molar-refractivity contribution in [2.75, 3.05) is 7.05 Å². The van der Waals surface area contributed by atoms with Gasteiger partial charge in [0, 0.05) is 12.1 Å². The van der Waals surface area contributed by atoms with Gasteiger partial charge in [-0.15, -0.1) is 0 Å². The van der Waals surface area contributed by atoms with Crippen LogP contribution in [-0.2, 0) is 12.2 Å². The van der Waals surface area contributed by atoms with Gasteiger partial charge in [-0.3, -0.25) is 0 Å². The molecule has 0 saturated heterocycles. The fraction of sp³-hybridized carbons (Fsp3) is 0.455. The van der Waals surface area contributed by atoms with Gasteiger partial charge in [-0.05, 0) is 38.6 Å². The number of rotatable bonds is 3. The predicted molar refractivity (Wildman–Crippen MR) is 53.3 cm³/mol. The molecule has 0 aliphatic rings. The fourth-order valence-corrected chi connectivity index (χ4v) is 1.27. The molecule has 0 heterocycles. The van der Waals surface area contributed by atoms with Gasteiger partial charge >= 0.3 is 0 Å². The molecule has 3 heteroatoms. The van der Waals surface area contributed by atoms with Crippen molar-refractivity contribution in [2.24, 2.45) is 0 Å². The van der Waals surface area contributed by atoms with Crippen molar-refractivity contribution in [3.8, 4) is 0 Å². The van der Waals surface area contributed by atoms with Gasteiger partial charge in [0.2, 0.25) is 0 Å². The smallest absolute Gasteiger partial charge is 0.130 e. The Kier molecular flexibility index (Phi) is 3.21. The number of alkyl halides is 1. The molecule has 0 amide bonds. The van der Waals surface area contributed by atoms with E-state index >= 15 is 0 Å². The number of hydrogen-bond donors (Lipinski definition) is 1. The molecular weight excluding hydrogens is 184 g/mol. The highest BCUT2D eigenvalue weighted by molar-refractivity contribution is 5.28. The van der Waals surface area contributed by atoms with Crippen LogP contribution in [0.1, 0.15) is 25.0 Å². The van der Waals surface area contributed by atoms with Gasteiger partial charge in [0.1, 0.15) is 11.5 Å². The van der Waals surface area contributed by atoms with Gasteiger partial charge in [0.15, 0.2) is 0 Å². The molecule has 1 aromatic rings. The summed E-state index contributed by atoms with van der Waals surface area (Å²) in [5.74, 6) is -0.299. The maximum Gasteiger partial charge on any atom is 0.130 e. The molecule has 0 saturated carbocycles. The van der Waals surface area contributed by atoms with E-state index in [1.165, 1.54) is 26.0 Å². The normalized spacial score (nSPS) is 11.8. The summed E-state index contributed by atoms with van der Waals surface area (Å²) in [6.07, 6.45) is 0. The number of benzene rings is 1. The molecule has 1 N–H and O–H groups in total. The SMILES string of the molecule is CNCc1cc(C(C)(C)F)ccc1F. The Balaban J connectivity index is 3.06. The minimum atomic E-state index is -1.42. The van der Waals surface area contributed by atoms with Gasteiger partial charge < -0.3 is 5.32 Å². The quantitative estimate of drug-likeness (QED) is 0.789. The van der Waals surface area contributed by atoms with Crippen LogP contribution in [0, 0.1) is 5.82 Å². The van der Waals surface area contributed by atoms with Crippen molar-refractivity contribution in [3.63, 3.8) is 0 Å². The van der Waals surface area contributed by atoms with E-state index < -0.39 is 5.67 Å². The number of nitrogens with one attached hydrogen (secondary N) is 1. The molecule has 0 fully saturated rings. The first-order valence-electron chi connectivity index (χ1n) is 4.57. The molecule has 0 aliphatic heterocycles. The zero-order valence-electron chi connectivity index (χ0n) is 8.70. The highest BCUT2D eigenvalue weighted by Crippen LogP contribution is 2.26. The molecule has 0 aliphatic carbocycles. The first-order valence-corrected chi connectivity index (χ1v) is 4.57. The van der Waals surface area contributed by atoms with Crippen LogP contribution in [0.15, 0.2) is 18.2 Å². The highest BCUT2D eigenvalue weighted by atomic mass is 19.1. The maximum absolute atomic E-state index is 13.5. The minimum Gasteiger partial charge on any atom is -0.316 e. The Morgan fingerprint density at radius 3 is 2.50 bits per heavy atom. The summed E-state index contributed by atoms with van der Waals surface area (Å²) in [5.41, 5.74) is -0.421. The topological polar surface area (TPSA) is 12.0 Å². The lowest BCUT2D eigenvalue weighted by Gasteiger charge is -2.16. The monoisotopic (exact) mass is 199 g/mol. The Hall–Kier alpha value is -0.960. The van der Waals surface area contributed by atoms with E-state index in [0.29, 0.717) is 17.7 Å². The van der Waals surface area contributed by atoms with Crippen LogP contribution in [-0.4, -0.2) is 7.05 Å². The zero-order valence-corrected chi connectivity index (χ0v) is 8.70. The van der Waals surface area contributed by atoms with Crippen molar-refractivity contribution < 1.29 is 8.78 Å². The van der Waals surface area contributed by atoms with Crippen molar-refractivity contribution in [1.82, 2.24) is 5.32 Å². The third-order valence-electron chi connectivity index (χ3n) is 2.10. The van der Waals surface area contributed by atoms with E-state index in [0.717, 1.165) is 0 Å². The van der Waals surface area contributed by atoms with Gasteiger partial charge in [0.25, 0.3) is 0 Å². The van der Waals surface area contributed by atoms with Crippen LogP contribution >= 0.6 is 0 Å². The van der Waals surface area contributed by atoms with Crippen LogP contribution in [0.5, 0.6) is 0 Å². The summed E-state index contributed by atoms with van der Waals surface area (Å²) in [4.78, 5) is 0. The second-order valence-corrected chi connectivity index (χ2v) is 3.81. The van der Waals surface area contributed by atoms with Crippen molar-refractivity contribution in [2.45, 2.75) is 26.1 Å². The van der Waals surface area contributed by atoms with Gasteiger partial charge in [-0.2, -0.15) is 0 Å². The van der Waals surface area contributed by atoms with E-state index in [-0.39, 0.29) is 5.82 Å². The molecule has 1 rings (SSSR count). The summed E-state index contributed by atoms with van der Waals surface area (Å²) in [7, 11) is 1.73. The minimum absolute atomic E-state index is 0.299. The van der Waals surface area contributed by atoms with Gasteiger partial charge in [0.05, 0.1) is 0 Å². The average Bonchev–Trinajstić information content (AvgIpc) is 2.07. The molecule has 1 aromatic carbocycles. The van der Waals surface area contributed by atoms with E-state index in [2.05, 4.69) is 5.32 Å². The zero-order chi connectivity index (χ0) is 10.8. The first-order chi connectivity index (χ1) is 6.45. The molecule has 0 spiro atoms. The lowest BCUT2D eigenvalue weighted by Crippen LogP contribution is -2.12. The molecule has 0 aromatic heterocycles. The second kappa shape index (κ2) is 4.05. The number of halogens is 2. The molecule has 0 unspecified atom stereocenters. The number of hydrogen-bond acceptors (Lipinski definition) is 1. The lowest BCUT2D eigenvalue weighted by molar-refractivity contribution is 0.221. The second-order valence-electron chi connectivity index (χ2n) is 3.81. The van der Waals surface area contributed by atoms with E-state index in [1.807, 2.05) is 0 Å². The Morgan fingerprint density at radius 2 is 2.00 bits per heavy atom. The van der Waals surface area contributed by atoms with E-state index in [9.17, 15) is 8.78 Å². The fourth-order valence-electron chi connectivity index (χ4n) is 1.27. The highest BCUT2D eigenvalue weighted by Gasteiger charge is 2.19. The van der Waals surface area contributed by atoms with Gasteiger partial charge in [-0.25, -0.2) is 8.78 Å². The Morgan fingerprint density at radius 1 is 1.36 bits per heavy atom. The van der Waals surface area contributed by atoms with Crippen LogP contribution in [0.2, 0.25) is 0 Å². The predicted octanol–water partition coefficient (Wildman–Crippen LogP) is 2.75. The average molecular weight is 199 g/mol. The van der Waals surface area contributed by atoms with Crippen LogP contribution in [0.25, 0.3) is 0 Å². The third-order valence-corrected chi connectivity index (χ3v) is 2.10. The summed E-state index contributed by atoms with van der Waals surface area (Å²) < 4.78 is 26.7. The van der Waals surface area contributed by atoms with E-state index in [1.54, 1.807) is 13.1 Å². The summed E-state index contributed by atoms with van der Waals surface area (Å²) >= 11 is 0. The van der Waals surface area contributed by atoms with Crippen LogP contribution < -0.4 is 5.32 Å². The maximum atomic E-state index is 13.5. The molecule has 14 heavy (non-hydrogen) atoms. The van der Waals surface area contributed by atoms with Crippen molar-refractivity contribution in [1.29, 1.82) is 0 Å². The molecule has 0 radical (unpaired) electrons. The summed E-state index contributed by atoms with van der Waals surface area (Å²) in [6, 6.07) is 4.35. The standard InChI is InChI=1S/C11H15F2N/c1-11(2,13)9-4-5-10(12)8(6-9)7-14-3/h4-6,14H,7H2,1-3H3. The summed E-state index contributed by atoms with van der Waals surface area (Å²) in [6.45, 7) is 3.34.